The maximum atomic E-state index is 11.8. The number of hydrogen-bond acceptors (Lipinski definition) is 3. The van der Waals surface area contributed by atoms with Crippen LogP contribution in [0.3, 0.4) is 0 Å². The van der Waals surface area contributed by atoms with E-state index in [9.17, 15) is 13.2 Å². The fraction of sp³-hybridized carbons (Fsp3) is 0.250. The lowest BCUT2D eigenvalue weighted by molar-refractivity contribution is -0.274. The predicted octanol–water partition coefficient (Wildman–Crippen LogP) is 2.16. The second-order valence-electron chi connectivity index (χ2n) is 2.46. The normalized spacial score (nSPS) is 10.8. The summed E-state index contributed by atoms with van der Waals surface area (Å²) < 4.78 is 39.0. The summed E-state index contributed by atoms with van der Waals surface area (Å²) in [5.41, 5.74) is 0.0819. The highest BCUT2D eigenvalue weighted by atomic mass is 19.4. The van der Waals surface area contributed by atoms with Gasteiger partial charge in [-0.2, -0.15) is 5.26 Å². The van der Waals surface area contributed by atoms with Crippen molar-refractivity contribution in [1.29, 1.82) is 5.26 Å². The molecule has 0 bridgehead atoms. The van der Waals surface area contributed by atoms with E-state index in [2.05, 4.69) is 9.72 Å². The topological polar surface area (TPSA) is 45.9 Å². The van der Waals surface area contributed by atoms with Crippen molar-refractivity contribution >= 4 is 0 Å². The molecule has 0 N–H and O–H groups in total. The van der Waals surface area contributed by atoms with Crippen LogP contribution in [0.1, 0.15) is 11.4 Å². The van der Waals surface area contributed by atoms with Gasteiger partial charge in [0.1, 0.15) is 6.07 Å². The van der Waals surface area contributed by atoms with E-state index in [1.54, 1.807) is 6.92 Å². The number of aromatic nitrogens is 1. The lowest BCUT2D eigenvalue weighted by atomic mass is 10.3. The molecule has 0 saturated heterocycles. The Morgan fingerprint density at radius 3 is 2.57 bits per heavy atom. The monoisotopic (exact) mass is 202 g/mol. The van der Waals surface area contributed by atoms with Crippen LogP contribution in [0.5, 0.6) is 5.75 Å². The molecule has 1 aromatic heterocycles. The van der Waals surface area contributed by atoms with Gasteiger partial charge in [0.2, 0.25) is 0 Å². The van der Waals surface area contributed by atoms with Crippen LogP contribution in [-0.2, 0) is 0 Å². The number of rotatable bonds is 1. The maximum absolute atomic E-state index is 11.8. The molecule has 0 radical (unpaired) electrons. The van der Waals surface area contributed by atoms with Crippen LogP contribution in [0.4, 0.5) is 13.2 Å². The Labute approximate surface area is 77.7 Å². The largest absolute Gasteiger partial charge is 0.573 e. The average molecular weight is 202 g/mol. The van der Waals surface area contributed by atoms with Crippen LogP contribution in [0.2, 0.25) is 0 Å². The van der Waals surface area contributed by atoms with Crippen molar-refractivity contribution in [2.45, 2.75) is 13.3 Å². The van der Waals surface area contributed by atoms with E-state index in [4.69, 9.17) is 5.26 Å². The zero-order chi connectivity index (χ0) is 10.8. The van der Waals surface area contributed by atoms with Gasteiger partial charge in [-0.05, 0) is 19.1 Å². The third-order valence-corrected chi connectivity index (χ3v) is 1.33. The minimum Gasteiger partial charge on any atom is -0.403 e. The molecule has 0 aliphatic carbocycles. The Balaban J connectivity index is 3.05. The Hall–Kier alpha value is -1.77. The SMILES string of the molecule is Cc1ccc(OC(F)(F)F)c(C#N)n1. The van der Waals surface area contributed by atoms with Gasteiger partial charge in [-0.25, -0.2) is 4.98 Å². The molecule has 1 heterocycles. The summed E-state index contributed by atoms with van der Waals surface area (Å²) in [6.07, 6.45) is -4.80. The lowest BCUT2D eigenvalue weighted by Crippen LogP contribution is -2.18. The van der Waals surface area contributed by atoms with Gasteiger partial charge >= 0.3 is 6.36 Å². The molecule has 0 unspecified atom stereocenters. The van der Waals surface area contributed by atoms with Crippen molar-refractivity contribution in [2.75, 3.05) is 0 Å². The van der Waals surface area contributed by atoms with E-state index in [1.807, 2.05) is 0 Å². The Morgan fingerprint density at radius 1 is 1.43 bits per heavy atom. The van der Waals surface area contributed by atoms with E-state index in [0.29, 0.717) is 5.69 Å². The molecule has 0 spiro atoms. The molecule has 0 aliphatic rings. The molecule has 0 aliphatic heterocycles. The zero-order valence-electron chi connectivity index (χ0n) is 7.09. The summed E-state index contributed by atoms with van der Waals surface area (Å²) in [7, 11) is 0. The number of ether oxygens (including phenoxy) is 1. The maximum Gasteiger partial charge on any atom is 0.573 e. The summed E-state index contributed by atoms with van der Waals surface area (Å²) in [6.45, 7) is 1.57. The number of nitrogens with zero attached hydrogens (tertiary/aromatic N) is 2. The molecule has 1 rings (SSSR count). The van der Waals surface area contributed by atoms with Crippen LogP contribution in [-0.4, -0.2) is 11.3 Å². The summed E-state index contributed by atoms with van der Waals surface area (Å²) >= 11 is 0. The second kappa shape index (κ2) is 3.54. The van der Waals surface area contributed by atoms with Gasteiger partial charge < -0.3 is 4.74 Å². The molecule has 0 aromatic carbocycles. The molecule has 0 saturated carbocycles. The molecule has 0 fully saturated rings. The fourth-order valence-corrected chi connectivity index (χ4v) is 0.831. The van der Waals surface area contributed by atoms with Gasteiger partial charge in [-0.1, -0.05) is 0 Å². The second-order valence-corrected chi connectivity index (χ2v) is 2.46. The van der Waals surface area contributed by atoms with Crippen molar-refractivity contribution in [3.63, 3.8) is 0 Å². The highest BCUT2D eigenvalue weighted by Gasteiger charge is 2.32. The first-order valence-corrected chi connectivity index (χ1v) is 3.56. The highest BCUT2D eigenvalue weighted by molar-refractivity contribution is 5.38. The summed E-state index contributed by atoms with van der Waals surface area (Å²) in [5.74, 6) is -0.578. The van der Waals surface area contributed by atoms with Crippen molar-refractivity contribution in [3.8, 4) is 11.8 Å². The number of hydrogen-bond donors (Lipinski definition) is 0. The summed E-state index contributed by atoms with van der Waals surface area (Å²) in [5, 5.41) is 8.48. The molecule has 6 heteroatoms. The Morgan fingerprint density at radius 2 is 2.07 bits per heavy atom. The molecule has 0 atom stereocenters. The number of alkyl halides is 3. The van der Waals surface area contributed by atoms with Crippen molar-refractivity contribution in [1.82, 2.24) is 4.98 Å². The number of aryl methyl sites for hydroxylation is 1. The van der Waals surface area contributed by atoms with Gasteiger partial charge in [0.25, 0.3) is 0 Å². The van der Waals surface area contributed by atoms with Gasteiger partial charge in [-0.3, -0.25) is 0 Å². The number of pyridine rings is 1. The third-order valence-electron chi connectivity index (χ3n) is 1.33. The minimum absolute atomic E-state index is 0.373. The summed E-state index contributed by atoms with van der Waals surface area (Å²) in [4.78, 5) is 3.59. The van der Waals surface area contributed by atoms with Crippen molar-refractivity contribution < 1.29 is 17.9 Å². The number of nitriles is 1. The standard InChI is InChI=1S/C8H5F3N2O/c1-5-2-3-7(6(4-12)13-5)14-8(9,10)11/h2-3H,1H3. The van der Waals surface area contributed by atoms with Crippen molar-refractivity contribution in [2.24, 2.45) is 0 Å². The van der Waals surface area contributed by atoms with Crippen LogP contribution >= 0.6 is 0 Å². The highest BCUT2D eigenvalue weighted by Crippen LogP contribution is 2.24. The van der Waals surface area contributed by atoms with E-state index >= 15 is 0 Å². The first-order chi connectivity index (χ1) is 6.42. The van der Waals surface area contributed by atoms with Crippen LogP contribution < -0.4 is 4.74 Å². The van der Waals surface area contributed by atoms with Crippen molar-refractivity contribution in [3.05, 3.63) is 23.5 Å². The first-order valence-electron chi connectivity index (χ1n) is 3.56. The molecular formula is C8H5F3N2O. The number of halogens is 3. The molecule has 14 heavy (non-hydrogen) atoms. The lowest BCUT2D eigenvalue weighted by Gasteiger charge is -2.09. The predicted molar refractivity (Wildman–Crippen MR) is 40.4 cm³/mol. The molecular weight excluding hydrogens is 197 g/mol. The van der Waals surface area contributed by atoms with Crippen LogP contribution in [0, 0.1) is 18.3 Å². The van der Waals surface area contributed by atoms with Crippen LogP contribution in [0.25, 0.3) is 0 Å². The van der Waals surface area contributed by atoms with Gasteiger partial charge in [0.15, 0.2) is 11.4 Å². The molecule has 0 amide bonds. The first kappa shape index (κ1) is 10.3. The molecule has 3 nitrogen and oxygen atoms in total. The Bertz CT molecular complexity index is 381. The summed E-state index contributed by atoms with van der Waals surface area (Å²) in [6, 6.07) is 3.92. The molecule has 74 valence electrons. The fourth-order valence-electron chi connectivity index (χ4n) is 0.831. The van der Waals surface area contributed by atoms with E-state index in [1.165, 1.54) is 12.1 Å². The van der Waals surface area contributed by atoms with Gasteiger partial charge in [-0.15, -0.1) is 13.2 Å². The smallest absolute Gasteiger partial charge is 0.403 e. The van der Waals surface area contributed by atoms with E-state index in [-0.39, 0.29) is 5.69 Å². The molecule has 1 aromatic rings. The quantitative estimate of drug-likeness (QED) is 0.700. The Kier molecular flexibility index (Phi) is 2.60. The zero-order valence-corrected chi connectivity index (χ0v) is 7.09. The van der Waals surface area contributed by atoms with Crippen LogP contribution in [0.15, 0.2) is 12.1 Å². The van der Waals surface area contributed by atoms with Gasteiger partial charge in [0.05, 0.1) is 0 Å². The third kappa shape index (κ3) is 2.62. The minimum atomic E-state index is -4.80. The van der Waals surface area contributed by atoms with E-state index < -0.39 is 12.1 Å². The van der Waals surface area contributed by atoms with E-state index in [0.717, 1.165) is 6.07 Å². The van der Waals surface area contributed by atoms with Gasteiger partial charge in [0, 0.05) is 5.69 Å². The average Bonchev–Trinajstić information content (AvgIpc) is 2.06.